The Morgan fingerprint density at radius 2 is 2.26 bits per heavy atom. The zero-order chi connectivity index (χ0) is 14.0. The Morgan fingerprint density at radius 3 is 2.89 bits per heavy atom. The second-order valence-electron chi connectivity index (χ2n) is 4.14. The molecule has 19 heavy (non-hydrogen) atoms. The Balaban J connectivity index is 1.96. The lowest BCUT2D eigenvalue weighted by Gasteiger charge is -2.15. The zero-order valence-electron chi connectivity index (χ0n) is 9.92. The number of ether oxygens (including phenoxy) is 1. The van der Waals surface area contributed by atoms with Gasteiger partial charge in [-0.1, -0.05) is 0 Å². The third kappa shape index (κ3) is 3.93. The van der Waals surface area contributed by atoms with Gasteiger partial charge in [-0.2, -0.15) is 24.2 Å². The van der Waals surface area contributed by atoms with Crippen LogP contribution in [0.3, 0.4) is 0 Å². The first-order chi connectivity index (χ1) is 8.85. The van der Waals surface area contributed by atoms with E-state index in [0.29, 0.717) is 12.8 Å². The highest BCUT2D eigenvalue weighted by Gasteiger charge is 2.37. The molecule has 0 radical (unpaired) electrons. The number of rotatable bonds is 4. The molecule has 1 aliphatic rings. The molecule has 1 aromatic rings. The van der Waals surface area contributed by atoms with Crippen LogP contribution < -0.4 is 11.4 Å². The van der Waals surface area contributed by atoms with Gasteiger partial charge in [0.15, 0.2) is 0 Å². The van der Waals surface area contributed by atoms with Crippen LogP contribution in [-0.4, -0.2) is 36.9 Å². The Morgan fingerprint density at radius 1 is 1.53 bits per heavy atom. The summed E-state index contributed by atoms with van der Waals surface area (Å²) in [5.41, 5.74) is 4.87. The summed E-state index contributed by atoms with van der Waals surface area (Å²) in [7, 11) is -4.25. The molecule has 0 bridgehead atoms. The lowest BCUT2D eigenvalue weighted by Crippen LogP contribution is -2.27. The van der Waals surface area contributed by atoms with Gasteiger partial charge in [0.1, 0.15) is 18.7 Å². The van der Waals surface area contributed by atoms with Gasteiger partial charge in [0.05, 0.1) is 6.10 Å². The first kappa shape index (κ1) is 14.3. The number of aromatic nitrogens is 2. The Labute approximate surface area is 108 Å². The highest BCUT2D eigenvalue weighted by atomic mass is 31.2. The van der Waals surface area contributed by atoms with E-state index in [1.54, 1.807) is 0 Å². The lowest BCUT2D eigenvalue weighted by atomic mass is 10.2. The first-order valence-electron chi connectivity index (χ1n) is 5.57. The van der Waals surface area contributed by atoms with Crippen LogP contribution >= 0.6 is 8.17 Å². The van der Waals surface area contributed by atoms with Crippen LogP contribution in [0.15, 0.2) is 17.1 Å². The van der Waals surface area contributed by atoms with Crippen molar-refractivity contribution in [3.8, 4) is 0 Å². The predicted octanol–water partition coefficient (Wildman–Crippen LogP) is -0.826. The molecule has 0 spiro atoms. The summed E-state index contributed by atoms with van der Waals surface area (Å²) in [4.78, 5) is 41.3. The van der Waals surface area contributed by atoms with E-state index in [4.69, 9.17) is 25.2 Å². The molecule has 10 heteroatoms. The standard InChI is InChI=1S/C9H14N3O6P/c10-7-3-4-12(9(13)11-7)8-2-1-6(18-8)5-17-19(14,15)16/h3-4,6,8,14-16H,1-2,5H2,(H-,10,11,13)/p+1. The van der Waals surface area contributed by atoms with Crippen molar-refractivity contribution in [3.05, 3.63) is 22.7 Å². The van der Waals surface area contributed by atoms with Gasteiger partial charge < -0.3 is 10.5 Å². The van der Waals surface area contributed by atoms with Gasteiger partial charge in [-0.25, -0.2) is 4.79 Å². The fourth-order valence-corrected chi connectivity index (χ4v) is 2.21. The van der Waals surface area contributed by atoms with Gasteiger partial charge in [-0.15, -0.1) is 0 Å². The monoisotopic (exact) mass is 292 g/mol. The molecule has 106 valence electrons. The minimum atomic E-state index is -4.25. The predicted molar refractivity (Wildman–Crippen MR) is 65.6 cm³/mol. The maximum Gasteiger partial charge on any atom is 0.567 e. The van der Waals surface area contributed by atoms with E-state index in [1.807, 2.05) is 0 Å². The maximum absolute atomic E-state index is 11.6. The maximum atomic E-state index is 11.6. The Hall–Kier alpha value is -1.09. The molecule has 0 aromatic carbocycles. The molecule has 1 saturated heterocycles. The molecule has 2 atom stereocenters. The summed E-state index contributed by atoms with van der Waals surface area (Å²) in [6.45, 7) is -0.162. The van der Waals surface area contributed by atoms with E-state index in [2.05, 4.69) is 9.51 Å². The van der Waals surface area contributed by atoms with Gasteiger partial charge in [-0.3, -0.25) is 4.57 Å². The third-order valence-corrected chi connectivity index (χ3v) is 3.18. The van der Waals surface area contributed by atoms with Crippen LogP contribution in [0.2, 0.25) is 0 Å². The minimum Gasteiger partial charge on any atom is -0.383 e. The van der Waals surface area contributed by atoms with Gasteiger partial charge in [0.25, 0.3) is 0 Å². The summed E-state index contributed by atoms with van der Waals surface area (Å²) in [6, 6.07) is 1.49. The van der Waals surface area contributed by atoms with E-state index in [0.717, 1.165) is 0 Å². The molecule has 1 aromatic heterocycles. The fraction of sp³-hybridized carbons (Fsp3) is 0.556. The van der Waals surface area contributed by atoms with E-state index in [1.165, 1.54) is 16.8 Å². The number of hydrogen-bond acceptors (Lipinski definition) is 8. The van der Waals surface area contributed by atoms with Crippen molar-refractivity contribution in [2.75, 3.05) is 12.3 Å². The summed E-state index contributed by atoms with van der Waals surface area (Å²) >= 11 is 0. The van der Waals surface area contributed by atoms with Crippen LogP contribution in [-0.2, 0) is 9.26 Å². The van der Waals surface area contributed by atoms with Crippen molar-refractivity contribution < 1.29 is 23.9 Å². The molecular weight excluding hydrogens is 277 g/mol. The molecule has 2 rings (SSSR count). The SMILES string of the molecule is Nc1ccn(C2CCC(CO[P+](O)(O)O)O2)c(=O)n1. The molecule has 2 unspecified atom stereocenters. The van der Waals surface area contributed by atoms with Crippen LogP contribution in [0.1, 0.15) is 19.1 Å². The van der Waals surface area contributed by atoms with E-state index < -0.39 is 26.2 Å². The van der Waals surface area contributed by atoms with Crippen LogP contribution in [0.4, 0.5) is 5.82 Å². The summed E-state index contributed by atoms with van der Waals surface area (Å²) in [5, 5.41) is 0. The molecule has 0 saturated carbocycles. The second kappa shape index (κ2) is 5.49. The molecular formula is C9H15N3O6P+. The van der Waals surface area contributed by atoms with Crippen molar-refractivity contribution in [2.24, 2.45) is 0 Å². The molecule has 9 nitrogen and oxygen atoms in total. The lowest BCUT2D eigenvalue weighted by molar-refractivity contribution is -0.0270. The molecule has 5 N–H and O–H groups in total. The second-order valence-corrected chi connectivity index (χ2v) is 5.43. The zero-order valence-corrected chi connectivity index (χ0v) is 10.8. The van der Waals surface area contributed by atoms with Crippen molar-refractivity contribution >= 4 is 14.0 Å². The summed E-state index contributed by atoms with van der Waals surface area (Å²) < 4.78 is 11.3. The quantitative estimate of drug-likeness (QED) is 0.527. The third-order valence-electron chi connectivity index (χ3n) is 2.68. The average Bonchev–Trinajstić information content (AvgIpc) is 2.74. The summed E-state index contributed by atoms with van der Waals surface area (Å²) in [5.74, 6) is 0.134. The number of nitrogens with two attached hydrogens (primary N) is 1. The van der Waals surface area contributed by atoms with Gasteiger partial charge in [-0.05, 0) is 18.9 Å². The molecule has 1 aliphatic heterocycles. The number of nitrogen functional groups attached to an aromatic ring is 1. The van der Waals surface area contributed by atoms with Crippen molar-refractivity contribution in [1.29, 1.82) is 0 Å². The van der Waals surface area contributed by atoms with E-state index in [-0.39, 0.29) is 12.4 Å². The van der Waals surface area contributed by atoms with Gasteiger partial charge >= 0.3 is 13.9 Å². The summed E-state index contributed by atoms with van der Waals surface area (Å²) in [6.07, 6.45) is 1.66. The van der Waals surface area contributed by atoms with Crippen molar-refractivity contribution in [1.82, 2.24) is 9.55 Å². The largest absolute Gasteiger partial charge is 0.567 e. The van der Waals surface area contributed by atoms with E-state index in [9.17, 15) is 4.79 Å². The highest BCUT2D eigenvalue weighted by molar-refractivity contribution is 7.53. The number of hydrogen-bond donors (Lipinski definition) is 4. The van der Waals surface area contributed by atoms with E-state index >= 15 is 0 Å². The molecule has 1 fully saturated rings. The fourth-order valence-electron chi connectivity index (χ4n) is 1.84. The normalized spacial score (nSPS) is 23.7. The average molecular weight is 292 g/mol. The van der Waals surface area contributed by atoms with Crippen molar-refractivity contribution in [2.45, 2.75) is 25.2 Å². The smallest absolute Gasteiger partial charge is 0.383 e. The molecule has 2 heterocycles. The highest BCUT2D eigenvalue weighted by Crippen LogP contribution is 2.46. The molecule has 0 amide bonds. The topological polar surface area (TPSA) is 140 Å². The first-order valence-corrected chi connectivity index (χ1v) is 7.13. The van der Waals surface area contributed by atoms with Gasteiger partial charge in [0, 0.05) is 6.20 Å². The number of anilines is 1. The molecule has 0 aliphatic carbocycles. The Bertz CT molecular complexity index is 501. The minimum absolute atomic E-state index is 0.134. The van der Waals surface area contributed by atoms with Crippen LogP contribution in [0.5, 0.6) is 0 Å². The van der Waals surface area contributed by atoms with Crippen molar-refractivity contribution in [3.63, 3.8) is 0 Å². The number of nitrogens with zero attached hydrogens (tertiary/aromatic N) is 2. The van der Waals surface area contributed by atoms with Gasteiger partial charge in [0.2, 0.25) is 0 Å². The van der Waals surface area contributed by atoms with Crippen LogP contribution in [0, 0.1) is 0 Å². The van der Waals surface area contributed by atoms with Crippen LogP contribution in [0.25, 0.3) is 0 Å². The Kier molecular flexibility index (Phi) is 4.14.